The maximum atomic E-state index is 13.7. The fourth-order valence-corrected chi connectivity index (χ4v) is 6.64. The van der Waals surface area contributed by atoms with Gasteiger partial charge in [-0.25, -0.2) is 31.5 Å². The maximum Gasteiger partial charge on any atom is 0.264 e. The van der Waals surface area contributed by atoms with Crippen LogP contribution in [0.5, 0.6) is 5.75 Å². The summed E-state index contributed by atoms with van der Waals surface area (Å²) in [6.45, 7) is 1.32. The molecule has 0 atom stereocenters. The topological polar surface area (TPSA) is 148 Å². The summed E-state index contributed by atoms with van der Waals surface area (Å²) in [5, 5.41) is 2.62. The van der Waals surface area contributed by atoms with Gasteiger partial charge in [0.25, 0.3) is 20.0 Å². The Bertz CT molecular complexity index is 1720. The van der Waals surface area contributed by atoms with Gasteiger partial charge >= 0.3 is 0 Å². The third kappa shape index (κ3) is 6.76. The lowest BCUT2D eigenvalue weighted by atomic mass is 10.2. The van der Waals surface area contributed by atoms with E-state index in [4.69, 9.17) is 4.74 Å². The number of anilines is 3. The van der Waals surface area contributed by atoms with E-state index in [9.17, 15) is 21.6 Å². The van der Waals surface area contributed by atoms with Gasteiger partial charge in [0, 0.05) is 18.1 Å². The van der Waals surface area contributed by atoms with Gasteiger partial charge in [-0.2, -0.15) is 0 Å². The fraction of sp³-hybridized carbons (Fsp3) is 0.115. The first-order chi connectivity index (χ1) is 19.0. The number of amides is 1. The molecule has 1 aromatic heterocycles. The van der Waals surface area contributed by atoms with Gasteiger partial charge in [0.1, 0.15) is 12.3 Å². The highest BCUT2D eigenvalue weighted by Gasteiger charge is 2.28. The standard InChI is InChI=1S/C26H24BrN5O6S2/c1-18-4-8-20(9-5-18)32(40(36,37)22-12-13-24(38-2)23(27)16-22)17-25(33)30-19-6-10-21(11-7-19)39(34,35)31-26-28-14-3-15-29-26/h3-16H,17H2,1-2H3,(H,30,33)(H,28,29,31). The molecule has 3 aromatic carbocycles. The molecular weight excluding hydrogens is 622 g/mol. The van der Waals surface area contributed by atoms with Crippen LogP contribution in [0, 0.1) is 6.92 Å². The summed E-state index contributed by atoms with van der Waals surface area (Å²) in [5.41, 5.74) is 1.48. The van der Waals surface area contributed by atoms with E-state index in [1.165, 1.54) is 62.0 Å². The highest BCUT2D eigenvalue weighted by Crippen LogP contribution is 2.31. The molecule has 0 saturated heterocycles. The van der Waals surface area contributed by atoms with Gasteiger partial charge in [0.15, 0.2) is 0 Å². The number of nitrogens with zero attached hydrogens (tertiary/aromatic N) is 3. The highest BCUT2D eigenvalue weighted by molar-refractivity contribution is 9.10. The number of aryl methyl sites for hydroxylation is 1. The first kappa shape index (κ1) is 29.0. The van der Waals surface area contributed by atoms with E-state index in [-0.39, 0.29) is 21.4 Å². The first-order valence-electron chi connectivity index (χ1n) is 11.6. The van der Waals surface area contributed by atoms with Crippen LogP contribution in [0.15, 0.2) is 99.5 Å². The van der Waals surface area contributed by atoms with Crippen molar-refractivity contribution in [2.75, 3.05) is 28.0 Å². The van der Waals surface area contributed by atoms with Gasteiger partial charge in [0.2, 0.25) is 11.9 Å². The number of carbonyl (C=O) groups excluding carboxylic acids is 1. The van der Waals surface area contributed by atoms with Crippen LogP contribution < -0.4 is 19.1 Å². The zero-order valence-electron chi connectivity index (χ0n) is 21.3. The van der Waals surface area contributed by atoms with Crippen LogP contribution in [-0.4, -0.2) is 46.4 Å². The molecule has 2 N–H and O–H groups in total. The summed E-state index contributed by atoms with van der Waals surface area (Å²) in [6.07, 6.45) is 2.80. The number of ether oxygens (including phenoxy) is 1. The van der Waals surface area contributed by atoms with Crippen molar-refractivity contribution in [3.05, 3.63) is 95.2 Å². The quantitative estimate of drug-likeness (QED) is 0.261. The molecule has 0 aliphatic heterocycles. The maximum absolute atomic E-state index is 13.7. The zero-order chi connectivity index (χ0) is 28.9. The van der Waals surface area contributed by atoms with E-state index in [1.54, 1.807) is 30.3 Å². The third-order valence-electron chi connectivity index (χ3n) is 5.56. The average molecular weight is 647 g/mol. The van der Waals surface area contributed by atoms with Gasteiger partial charge in [-0.15, -0.1) is 0 Å². The van der Waals surface area contributed by atoms with Crippen molar-refractivity contribution >= 4 is 59.2 Å². The second-order valence-corrected chi connectivity index (χ2v) is 12.8. The molecule has 0 aliphatic carbocycles. The molecule has 0 aliphatic rings. The van der Waals surface area contributed by atoms with Gasteiger partial charge in [-0.05, 0) is 83.5 Å². The molecule has 1 heterocycles. The molecule has 1 amide bonds. The lowest BCUT2D eigenvalue weighted by molar-refractivity contribution is -0.114. The Balaban J connectivity index is 1.55. The Morgan fingerprint density at radius 3 is 2.15 bits per heavy atom. The van der Waals surface area contributed by atoms with Crippen molar-refractivity contribution in [1.29, 1.82) is 0 Å². The minimum atomic E-state index is -4.17. The van der Waals surface area contributed by atoms with Crippen molar-refractivity contribution in [3.63, 3.8) is 0 Å². The van der Waals surface area contributed by atoms with E-state index in [0.29, 0.717) is 15.9 Å². The molecule has 0 fully saturated rings. The molecule has 0 bridgehead atoms. The van der Waals surface area contributed by atoms with E-state index in [1.807, 2.05) is 6.92 Å². The Morgan fingerprint density at radius 1 is 0.925 bits per heavy atom. The zero-order valence-corrected chi connectivity index (χ0v) is 24.5. The van der Waals surface area contributed by atoms with Crippen molar-refractivity contribution < 1.29 is 26.4 Å². The molecule has 40 heavy (non-hydrogen) atoms. The number of methoxy groups -OCH3 is 1. The number of nitrogens with one attached hydrogen (secondary N) is 2. The van der Waals surface area contributed by atoms with E-state index >= 15 is 0 Å². The van der Waals surface area contributed by atoms with E-state index in [0.717, 1.165) is 9.87 Å². The summed E-state index contributed by atoms with van der Waals surface area (Å²) < 4.78 is 61.4. The fourth-order valence-electron chi connectivity index (χ4n) is 3.54. The average Bonchev–Trinajstić information content (AvgIpc) is 2.93. The second kappa shape index (κ2) is 12.0. The number of aromatic nitrogens is 2. The van der Waals surface area contributed by atoms with Gasteiger partial charge < -0.3 is 10.1 Å². The minimum absolute atomic E-state index is 0.0435. The van der Waals surface area contributed by atoms with Crippen molar-refractivity contribution in [1.82, 2.24) is 9.97 Å². The predicted octanol–water partition coefficient (Wildman–Crippen LogP) is 4.19. The van der Waals surface area contributed by atoms with Gasteiger partial charge in [-0.1, -0.05) is 17.7 Å². The number of benzene rings is 3. The SMILES string of the molecule is COc1ccc(S(=O)(=O)N(CC(=O)Nc2ccc(S(=O)(=O)Nc3ncccn3)cc2)c2ccc(C)cc2)cc1Br. The number of sulfonamides is 2. The predicted molar refractivity (Wildman–Crippen MR) is 154 cm³/mol. The number of rotatable bonds is 10. The molecule has 11 nitrogen and oxygen atoms in total. The normalized spacial score (nSPS) is 11.5. The van der Waals surface area contributed by atoms with Crippen LogP contribution in [-0.2, 0) is 24.8 Å². The molecule has 208 valence electrons. The number of hydrogen-bond donors (Lipinski definition) is 2. The number of hydrogen-bond acceptors (Lipinski definition) is 8. The van der Waals surface area contributed by atoms with Crippen LogP contribution in [0.1, 0.15) is 5.56 Å². The summed E-state index contributed by atoms with van der Waals surface area (Å²) >= 11 is 3.31. The lowest BCUT2D eigenvalue weighted by Gasteiger charge is -2.24. The molecule has 0 saturated carbocycles. The highest BCUT2D eigenvalue weighted by atomic mass is 79.9. The van der Waals surface area contributed by atoms with Crippen LogP contribution in [0.4, 0.5) is 17.3 Å². The van der Waals surface area contributed by atoms with Crippen LogP contribution in [0.25, 0.3) is 0 Å². The molecule has 4 rings (SSSR count). The minimum Gasteiger partial charge on any atom is -0.496 e. The third-order valence-corrected chi connectivity index (χ3v) is 9.29. The summed E-state index contributed by atoms with van der Waals surface area (Å²) in [4.78, 5) is 20.6. The lowest BCUT2D eigenvalue weighted by Crippen LogP contribution is -2.38. The number of halogens is 1. The smallest absolute Gasteiger partial charge is 0.264 e. The van der Waals surface area contributed by atoms with Crippen molar-refractivity contribution in [2.45, 2.75) is 16.7 Å². The van der Waals surface area contributed by atoms with E-state index < -0.39 is 32.5 Å². The largest absolute Gasteiger partial charge is 0.496 e. The van der Waals surface area contributed by atoms with Gasteiger partial charge in [-0.3, -0.25) is 9.10 Å². The molecule has 4 aromatic rings. The monoisotopic (exact) mass is 645 g/mol. The Labute approximate surface area is 240 Å². The summed E-state index contributed by atoms with van der Waals surface area (Å²) in [7, 11) is -6.67. The molecular formula is C26H24BrN5O6S2. The van der Waals surface area contributed by atoms with Crippen molar-refractivity contribution in [3.8, 4) is 5.75 Å². The second-order valence-electron chi connectivity index (χ2n) is 8.39. The molecule has 14 heteroatoms. The first-order valence-corrected chi connectivity index (χ1v) is 15.3. The van der Waals surface area contributed by atoms with Crippen LogP contribution in [0.3, 0.4) is 0 Å². The molecule has 0 radical (unpaired) electrons. The van der Waals surface area contributed by atoms with E-state index in [2.05, 4.69) is 35.9 Å². The molecule has 0 spiro atoms. The Morgan fingerprint density at radius 2 is 1.55 bits per heavy atom. The van der Waals surface area contributed by atoms with Crippen LogP contribution in [0.2, 0.25) is 0 Å². The van der Waals surface area contributed by atoms with Crippen molar-refractivity contribution in [2.24, 2.45) is 0 Å². The molecule has 0 unspecified atom stereocenters. The Hall–Kier alpha value is -4.01. The summed E-state index contributed by atoms with van der Waals surface area (Å²) in [5.74, 6) is -0.264. The van der Waals surface area contributed by atoms with Gasteiger partial charge in [0.05, 0.1) is 27.1 Å². The Kier molecular flexibility index (Phi) is 8.71. The number of carbonyl (C=O) groups is 1. The summed E-state index contributed by atoms with van der Waals surface area (Å²) in [6, 6.07) is 18.0. The van der Waals surface area contributed by atoms with Crippen LogP contribution >= 0.6 is 15.9 Å².